The zero-order valence-corrected chi connectivity index (χ0v) is 10.5. The third-order valence-corrected chi connectivity index (χ3v) is 3.20. The van der Waals surface area contributed by atoms with Crippen LogP contribution < -0.4 is 11.1 Å². The fourth-order valence-corrected chi connectivity index (χ4v) is 2.22. The average molecular weight is 248 g/mol. The van der Waals surface area contributed by atoms with Crippen LogP contribution in [0.3, 0.4) is 0 Å². The van der Waals surface area contributed by atoms with Crippen molar-refractivity contribution >= 4 is 11.6 Å². The lowest BCUT2D eigenvalue weighted by atomic mass is 10.2. The molecule has 0 heterocycles. The van der Waals surface area contributed by atoms with Crippen molar-refractivity contribution in [1.29, 1.82) is 0 Å². The highest BCUT2D eigenvalue weighted by molar-refractivity contribution is 5.91. The SMILES string of the molecule is NCc1cccc(NC(=O)COC2CCCC2)c1. The summed E-state index contributed by atoms with van der Waals surface area (Å²) in [6, 6.07) is 7.56. The highest BCUT2D eigenvalue weighted by atomic mass is 16.5. The Kier molecular flexibility index (Phi) is 4.73. The summed E-state index contributed by atoms with van der Waals surface area (Å²) < 4.78 is 5.56. The Hall–Kier alpha value is -1.39. The summed E-state index contributed by atoms with van der Waals surface area (Å²) in [5.41, 5.74) is 7.33. The van der Waals surface area contributed by atoms with Gasteiger partial charge >= 0.3 is 0 Å². The summed E-state index contributed by atoms with van der Waals surface area (Å²) in [6.07, 6.45) is 4.85. The first-order valence-corrected chi connectivity index (χ1v) is 6.48. The summed E-state index contributed by atoms with van der Waals surface area (Å²) >= 11 is 0. The molecule has 1 saturated carbocycles. The fraction of sp³-hybridized carbons (Fsp3) is 0.500. The molecule has 0 aliphatic heterocycles. The lowest BCUT2D eigenvalue weighted by molar-refractivity contribution is -0.122. The van der Waals surface area contributed by atoms with E-state index in [4.69, 9.17) is 10.5 Å². The van der Waals surface area contributed by atoms with Gasteiger partial charge in [-0.15, -0.1) is 0 Å². The molecule has 0 spiro atoms. The Balaban J connectivity index is 1.78. The monoisotopic (exact) mass is 248 g/mol. The number of ether oxygens (including phenoxy) is 1. The molecule has 1 aromatic rings. The topological polar surface area (TPSA) is 64.3 Å². The van der Waals surface area contributed by atoms with E-state index in [1.165, 1.54) is 12.8 Å². The van der Waals surface area contributed by atoms with Gasteiger partial charge in [0.15, 0.2) is 0 Å². The molecule has 1 aliphatic carbocycles. The molecule has 0 atom stereocenters. The van der Waals surface area contributed by atoms with Crippen LogP contribution in [-0.2, 0) is 16.1 Å². The van der Waals surface area contributed by atoms with Crippen molar-refractivity contribution in [3.05, 3.63) is 29.8 Å². The maximum Gasteiger partial charge on any atom is 0.250 e. The van der Waals surface area contributed by atoms with Crippen LogP contribution in [0.25, 0.3) is 0 Å². The molecule has 0 unspecified atom stereocenters. The molecule has 0 saturated heterocycles. The van der Waals surface area contributed by atoms with Gasteiger partial charge in [0, 0.05) is 12.2 Å². The van der Waals surface area contributed by atoms with Crippen LogP contribution in [0.5, 0.6) is 0 Å². The molecule has 1 fully saturated rings. The number of rotatable bonds is 5. The summed E-state index contributed by atoms with van der Waals surface area (Å²) in [4.78, 5) is 11.7. The maximum absolute atomic E-state index is 11.7. The summed E-state index contributed by atoms with van der Waals surface area (Å²) in [7, 11) is 0. The number of anilines is 1. The molecule has 1 aliphatic rings. The predicted molar refractivity (Wildman–Crippen MR) is 71.2 cm³/mol. The molecule has 98 valence electrons. The molecule has 4 nitrogen and oxygen atoms in total. The van der Waals surface area contributed by atoms with Crippen molar-refractivity contribution < 1.29 is 9.53 Å². The van der Waals surface area contributed by atoms with Crippen LogP contribution in [0.2, 0.25) is 0 Å². The van der Waals surface area contributed by atoms with Crippen LogP contribution >= 0.6 is 0 Å². The molecule has 3 N–H and O–H groups in total. The van der Waals surface area contributed by atoms with Crippen LogP contribution in [0, 0.1) is 0 Å². The Morgan fingerprint density at radius 1 is 1.39 bits per heavy atom. The number of nitrogens with two attached hydrogens (primary N) is 1. The average Bonchev–Trinajstić information content (AvgIpc) is 2.90. The van der Waals surface area contributed by atoms with Gasteiger partial charge in [0.2, 0.25) is 5.91 Å². The van der Waals surface area contributed by atoms with Gasteiger partial charge in [-0.2, -0.15) is 0 Å². The minimum absolute atomic E-state index is 0.101. The smallest absolute Gasteiger partial charge is 0.250 e. The van der Waals surface area contributed by atoms with Gasteiger partial charge in [-0.05, 0) is 30.5 Å². The van der Waals surface area contributed by atoms with Crippen LogP contribution in [0.15, 0.2) is 24.3 Å². The second-order valence-corrected chi connectivity index (χ2v) is 4.67. The Morgan fingerprint density at radius 3 is 2.89 bits per heavy atom. The zero-order valence-electron chi connectivity index (χ0n) is 10.5. The van der Waals surface area contributed by atoms with Crippen molar-refractivity contribution in [2.45, 2.75) is 38.3 Å². The molecule has 18 heavy (non-hydrogen) atoms. The maximum atomic E-state index is 11.7. The number of carbonyl (C=O) groups excluding carboxylic acids is 1. The van der Waals surface area contributed by atoms with Gasteiger partial charge in [0.1, 0.15) is 6.61 Å². The Labute approximate surface area is 108 Å². The van der Waals surface area contributed by atoms with E-state index >= 15 is 0 Å². The van der Waals surface area contributed by atoms with E-state index in [0.29, 0.717) is 6.54 Å². The van der Waals surface area contributed by atoms with Gasteiger partial charge in [-0.1, -0.05) is 25.0 Å². The second kappa shape index (κ2) is 6.52. The molecule has 1 aromatic carbocycles. The number of carbonyl (C=O) groups is 1. The minimum atomic E-state index is -0.101. The first-order chi connectivity index (χ1) is 8.78. The van der Waals surface area contributed by atoms with Crippen molar-refractivity contribution in [3.8, 4) is 0 Å². The van der Waals surface area contributed by atoms with Crippen LogP contribution in [0.4, 0.5) is 5.69 Å². The van der Waals surface area contributed by atoms with Gasteiger partial charge in [-0.25, -0.2) is 0 Å². The number of nitrogens with one attached hydrogen (secondary N) is 1. The van der Waals surface area contributed by atoms with Crippen LogP contribution in [0.1, 0.15) is 31.2 Å². The van der Waals surface area contributed by atoms with Crippen molar-refractivity contribution in [2.24, 2.45) is 5.73 Å². The molecule has 2 rings (SSSR count). The zero-order chi connectivity index (χ0) is 12.8. The Bertz CT molecular complexity index is 401. The van der Waals surface area contributed by atoms with Crippen molar-refractivity contribution in [1.82, 2.24) is 0 Å². The molecule has 0 radical (unpaired) electrons. The second-order valence-electron chi connectivity index (χ2n) is 4.67. The molecule has 1 amide bonds. The Morgan fingerprint density at radius 2 is 2.17 bits per heavy atom. The first-order valence-electron chi connectivity index (χ1n) is 6.48. The van der Waals surface area contributed by atoms with Gasteiger partial charge in [0.25, 0.3) is 0 Å². The number of hydrogen-bond acceptors (Lipinski definition) is 3. The van der Waals surface area contributed by atoms with Gasteiger partial charge in [-0.3, -0.25) is 4.79 Å². The van der Waals surface area contributed by atoms with E-state index in [2.05, 4.69) is 5.32 Å². The quantitative estimate of drug-likeness (QED) is 0.838. The fourth-order valence-electron chi connectivity index (χ4n) is 2.22. The third kappa shape index (κ3) is 3.82. The summed E-state index contributed by atoms with van der Waals surface area (Å²) in [5, 5.41) is 2.82. The highest BCUT2D eigenvalue weighted by Gasteiger charge is 2.16. The van der Waals surface area contributed by atoms with E-state index < -0.39 is 0 Å². The molecule has 0 aromatic heterocycles. The molecular formula is C14H20N2O2. The van der Waals surface area contributed by atoms with E-state index in [1.54, 1.807) is 0 Å². The van der Waals surface area contributed by atoms with E-state index in [9.17, 15) is 4.79 Å². The van der Waals surface area contributed by atoms with E-state index in [1.807, 2.05) is 24.3 Å². The van der Waals surface area contributed by atoms with Crippen molar-refractivity contribution in [2.75, 3.05) is 11.9 Å². The third-order valence-electron chi connectivity index (χ3n) is 3.20. The normalized spacial score (nSPS) is 15.8. The predicted octanol–water partition coefficient (Wildman–Crippen LogP) is 2.04. The van der Waals surface area contributed by atoms with E-state index in [-0.39, 0.29) is 18.6 Å². The highest BCUT2D eigenvalue weighted by Crippen LogP contribution is 2.20. The molecular weight excluding hydrogens is 228 g/mol. The van der Waals surface area contributed by atoms with Crippen molar-refractivity contribution in [3.63, 3.8) is 0 Å². The standard InChI is InChI=1S/C14H20N2O2/c15-9-11-4-3-5-12(8-11)16-14(17)10-18-13-6-1-2-7-13/h3-5,8,13H,1-2,6-7,9-10,15H2,(H,16,17). The molecule has 4 heteroatoms. The molecule has 0 bridgehead atoms. The minimum Gasteiger partial charge on any atom is -0.368 e. The van der Waals surface area contributed by atoms with Gasteiger partial charge in [0.05, 0.1) is 6.10 Å². The number of hydrogen-bond donors (Lipinski definition) is 2. The number of benzene rings is 1. The largest absolute Gasteiger partial charge is 0.368 e. The summed E-state index contributed by atoms with van der Waals surface area (Å²) in [6.45, 7) is 0.611. The summed E-state index contributed by atoms with van der Waals surface area (Å²) in [5.74, 6) is -0.101. The lowest BCUT2D eigenvalue weighted by Gasteiger charge is -2.11. The number of amides is 1. The lowest BCUT2D eigenvalue weighted by Crippen LogP contribution is -2.21. The van der Waals surface area contributed by atoms with Crippen LogP contribution in [-0.4, -0.2) is 18.6 Å². The van der Waals surface area contributed by atoms with Gasteiger partial charge < -0.3 is 15.8 Å². The first kappa shape index (κ1) is 13.1. The van der Waals surface area contributed by atoms with E-state index in [0.717, 1.165) is 24.1 Å².